The number of benzene rings is 3. The van der Waals surface area contributed by atoms with Crippen molar-refractivity contribution in [3.05, 3.63) is 99.3 Å². The summed E-state index contributed by atoms with van der Waals surface area (Å²) in [6.45, 7) is 17.7. The van der Waals surface area contributed by atoms with E-state index in [4.69, 9.17) is 47.4 Å². The zero-order valence-corrected chi connectivity index (χ0v) is 40.8. The lowest BCUT2D eigenvalue weighted by Crippen LogP contribution is -2.18. The Morgan fingerprint density at radius 2 is 1.22 bits per heavy atom. The number of rotatable bonds is 32. The number of aromatic hydroxyl groups is 1. The molecule has 0 unspecified atom stereocenters. The first kappa shape index (κ1) is 54.5. The number of fused-ring (bicyclic) bond motifs is 1. The highest BCUT2D eigenvalue weighted by atomic mass is 19.1. The van der Waals surface area contributed by atoms with Gasteiger partial charge in [0, 0.05) is 41.5 Å². The van der Waals surface area contributed by atoms with Crippen LogP contribution in [0, 0.1) is 19.7 Å². The molecule has 17 nitrogen and oxygen atoms in total. The summed E-state index contributed by atoms with van der Waals surface area (Å²) in [6.07, 6.45) is 1.84. The molecule has 0 fully saturated rings. The first-order valence-corrected chi connectivity index (χ1v) is 23.1. The number of aromatic nitrogens is 2. The number of phenols is 1. The highest BCUT2D eigenvalue weighted by Gasteiger charge is 2.24. The Morgan fingerprint density at radius 3 is 1.72 bits per heavy atom. The number of H-pyrrole nitrogens is 1. The molecule has 0 saturated carbocycles. The van der Waals surface area contributed by atoms with Crippen LogP contribution in [0.25, 0.3) is 22.0 Å². The minimum absolute atomic E-state index is 0.0808. The van der Waals surface area contributed by atoms with E-state index in [2.05, 4.69) is 10.3 Å². The van der Waals surface area contributed by atoms with Crippen LogP contribution in [0.3, 0.4) is 0 Å². The van der Waals surface area contributed by atoms with Crippen LogP contribution in [-0.4, -0.2) is 137 Å². The van der Waals surface area contributed by atoms with Gasteiger partial charge in [-0.3, -0.25) is 9.59 Å². The lowest BCUT2D eigenvalue weighted by Gasteiger charge is -2.22. The number of aryl methyl sites for hydroxylation is 3. The number of nitrogens with zero attached hydrogens (tertiary/aromatic N) is 1. The number of halogens is 1. The predicted molar refractivity (Wildman–Crippen MR) is 259 cm³/mol. The molecule has 2 heterocycles. The quantitative estimate of drug-likeness (QED) is 0.0316. The van der Waals surface area contributed by atoms with Crippen LogP contribution in [0.15, 0.2) is 65.6 Å². The molecule has 378 valence electrons. The second kappa shape index (κ2) is 27.7. The van der Waals surface area contributed by atoms with E-state index in [0.29, 0.717) is 137 Å². The number of carbonyl (C=O) groups excluding carboxylic acids is 1. The van der Waals surface area contributed by atoms with Crippen LogP contribution >= 0.6 is 0 Å². The minimum Gasteiger partial charge on any atom is -0.504 e. The fraction of sp³-hybridized carbons (Fsp3) is 0.490. The molecule has 0 aliphatic carbocycles. The van der Waals surface area contributed by atoms with E-state index in [9.17, 15) is 24.2 Å². The number of pyridine rings is 1. The van der Waals surface area contributed by atoms with Crippen LogP contribution in [-0.2, 0) is 50.5 Å². The van der Waals surface area contributed by atoms with Gasteiger partial charge < -0.3 is 72.4 Å². The maximum Gasteiger partial charge on any atom is 0.274 e. The molecule has 0 saturated heterocycles. The molecule has 0 radical (unpaired) electrons. The van der Waals surface area contributed by atoms with Crippen molar-refractivity contribution in [1.82, 2.24) is 9.55 Å². The molecular weight excluding hydrogens is 898 g/mol. The summed E-state index contributed by atoms with van der Waals surface area (Å²) in [7, 11) is 1.59. The molecule has 1 amide bonds. The first-order valence-electron chi connectivity index (χ1n) is 23.1. The van der Waals surface area contributed by atoms with Gasteiger partial charge in [0.05, 0.1) is 111 Å². The van der Waals surface area contributed by atoms with Crippen molar-refractivity contribution in [2.24, 2.45) is 7.05 Å². The second-order valence-corrected chi connectivity index (χ2v) is 16.9. The number of anilines is 1. The Hall–Kier alpha value is -5.41. The van der Waals surface area contributed by atoms with E-state index in [1.54, 1.807) is 71.3 Å². The smallest absolute Gasteiger partial charge is 0.274 e. The van der Waals surface area contributed by atoms with Gasteiger partial charge in [-0.05, 0) is 101 Å². The molecule has 0 bridgehead atoms. The van der Waals surface area contributed by atoms with Crippen LogP contribution in [0.1, 0.15) is 54.9 Å². The summed E-state index contributed by atoms with van der Waals surface area (Å²) in [4.78, 5) is 30.0. The van der Waals surface area contributed by atoms with E-state index in [1.807, 2.05) is 13.8 Å². The van der Waals surface area contributed by atoms with E-state index in [1.165, 1.54) is 28.8 Å². The van der Waals surface area contributed by atoms with Gasteiger partial charge in [-0.15, -0.1) is 0 Å². The van der Waals surface area contributed by atoms with Gasteiger partial charge in [0.1, 0.15) is 35.1 Å². The van der Waals surface area contributed by atoms with Crippen LogP contribution in [0.5, 0.6) is 23.0 Å². The predicted octanol–water partition coefficient (Wildman–Crippen LogP) is 7.19. The van der Waals surface area contributed by atoms with Crippen molar-refractivity contribution < 1.29 is 66.8 Å². The number of ether oxygens (including phenoxy) is 10. The van der Waals surface area contributed by atoms with Crippen molar-refractivity contribution in [2.45, 2.75) is 53.2 Å². The lowest BCUT2D eigenvalue weighted by molar-refractivity contribution is -0.0259. The average Bonchev–Trinajstić information content (AvgIpc) is 3.75. The molecule has 5 aromatic rings. The van der Waals surface area contributed by atoms with Crippen LogP contribution < -0.4 is 20.3 Å². The third-order valence-corrected chi connectivity index (χ3v) is 10.4. The minimum atomic E-state index is -1.22. The molecule has 0 atom stereocenters. The summed E-state index contributed by atoms with van der Waals surface area (Å²) in [5, 5.41) is 24.8. The largest absolute Gasteiger partial charge is 0.504 e. The topological polar surface area (TPSA) is 200 Å². The first-order chi connectivity index (χ1) is 33.1. The van der Waals surface area contributed by atoms with Crippen LogP contribution in [0.2, 0.25) is 0 Å². The number of aromatic amines is 1. The molecular formula is C51H68FN3O14. The van der Waals surface area contributed by atoms with Crippen LogP contribution in [0.4, 0.5) is 10.1 Å². The van der Waals surface area contributed by atoms with Crippen molar-refractivity contribution in [3.63, 3.8) is 0 Å². The number of aliphatic hydroxyl groups is 1. The number of nitrogens with one attached hydrogen (secondary N) is 2. The molecule has 0 aliphatic rings. The van der Waals surface area contributed by atoms with Gasteiger partial charge >= 0.3 is 0 Å². The highest BCUT2D eigenvalue weighted by molar-refractivity contribution is 6.08. The molecule has 0 aliphatic heterocycles. The number of hydrogen-bond donors (Lipinski definition) is 4. The Bertz CT molecular complexity index is 2420. The van der Waals surface area contributed by atoms with Crippen molar-refractivity contribution in [2.75, 3.05) is 111 Å². The van der Waals surface area contributed by atoms with E-state index in [-0.39, 0.29) is 59.1 Å². The monoisotopic (exact) mass is 965 g/mol. The Balaban J connectivity index is 1.000. The normalized spacial score (nSPS) is 11.8. The Labute approximate surface area is 402 Å². The van der Waals surface area contributed by atoms with E-state index >= 15 is 0 Å². The molecule has 5 rings (SSSR count). The van der Waals surface area contributed by atoms with Gasteiger partial charge in [0.15, 0.2) is 11.5 Å². The van der Waals surface area contributed by atoms with Gasteiger partial charge in [0.2, 0.25) is 0 Å². The molecule has 3 aromatic carbocycles. The summed E-state index contributed by atoms with van der Waals surface area (Å²) < 4.78 is 71.6. The van der Waals surface area contributed by atoms with Crippen molar-refractivity contribution in [3.8, 4) is 34.1 Å². The third kappa shape index (κ3) is 17.5. The van der Waals surface area contributed by atoms with E-state index in [0.717, 1.165) is 0 Å². The molecule has 69 heavy (non-hydrogen) atoms. The maximum absolute atomic E-state index is 14.2. The fourth-order valence-corrected chi connectivity index (χ4v) is 6.94. The maximum atomic E-state index is 14.2. The molecule has 18 heteroatoms. The summed E-state index contributed by atoms with van der Waals surface area (Å²) >= 11 is 0. The van der Waals surface area contributed by atoms with Gasteiger partial charge in [0.25, 0.3) is 11.5 Å². The zero-order valence-electron chi connectivity index (χ0n) is 40.8. The SMILES string of the molecule is Cc1cc(F)cc(C)c1Oc1ccc(C(C)(C)O)cc1-c1cn(C)c(=O)c2[nH]c(C(=O)Nc3ccc(OCCOCCOCCOCCOCCOCCOCCOCCOC(C)C)c(O)c3)cc12. The highest BCUT2D eigenvalue weighted by Crippen LogP contribution is 2.41. The zero-order chi connectivity index (χ0) is 49.8. The Kier molecular flexibility index (Phi) is 21.9. The van der Waals surface area contributed by atoms with Crippen molar-refractivity contribution >= 4 is 22.5 Å². The Morgan fingerprint density at radius 1 is 0.710 bits per heavy atom. The third-order valence-electron chi connectivity index (χ3n) is 10.4. The molecule has 2 aromatic heterocycles. The van der Waals surface area contributed by atoms with Gasteiger partial charge in [-0.25, -0.2) is 4.39 Å². The number of hydrogen-bond acceptors (Lipinski definition) is 14. The summed E-state index contributed by atoms with van der Waals surface area (Å²) in [5.74, 6) is -0.0986. The number of phenolic OH excluding ortho intramolecular Hbond substituents is 1. The summed E-state index contributed by atoms with van der Waals surface area (Å²) in [6, 6.07) is 14.0. The second-order valence-electron chi connectivity index (χ2n) is 16.9. The van der Waals surface area contributed by atoms with E-state index < -0.39 is 11.5 Å². The van der Waals surface area contributed by atoms with Crippen molar-refractivity contribution in [1.29, 1.82) is 0 Å². The fourth-order valence-electron chi connectivity index (χ4n) is 6.94. The van der Waals surface area contributed by atoms with Gasteiger partial charge in [-0.2, -0.15) is 0 Å². The lowest BCUT2D eigenvalue weighted by atomic mass is 9.93. The molecule has 4 N–H and O–H groups in total. The average molecular weight is 966 g/mol. The summed E-state index contributed by atoms with van der Waals surface area (Å²) in [5.41, 5.74) is 1.75. The number of amides is 1. The standard InChI is InChI=1S/C51H68FN3O14/c1-34(2)67-26-24-65-22-20-63-18-16-61-14-12-60-13-15-62-17-19-64-21-23-66-25-27-68-46-11-9-39(31-44(46)56)53-49(57)43-32-41-42(33-55(7)50(58)47(41)54-43)40-30-37(51(5,6)59)8-10-45(40)69-48-35(3)28-38(52)29-36(48)4/h8-11,28-34,54,56,59H,12-27H2,1-7H3,(H,53,57). The molecule has 0 spiro atoms. The number of carbonyl (C=O) groups is 1. The van der Waals surface area contributed by atoms with Gasteiger partial charge in [-0.1, -0.05) is 6.07 Å².